The van der Waals surface area contributed by atoms with E-state index in [1.54, 1.807) is 12.3 Å². The van der Waals surface area contributed by atoms with Gasteiger partial charge in [0.05, 0.1) is 6.20 Å². The molecule has 0 spiro atoms. The van der Waals surface area contributed by atoms with Gasteiger partial charge >= 0.3 is 0 Å². The van der Waals surface area contributed by atoms with Gasteiger partial charge in [-0.05, 0) is 25.0 Å². The van der Waals surface area contributed by atoms with Gasteiger partial charge in [-0.15, -0.1) is 0 Å². The topological polar surface area (TPSA) is 46.9 Å². The van der Waals surface area contributed by atoms with Crippen LogP contribution < -0.4 is 5.32 Å². The molecule has 0 radical (unpaired) electrons. The summed E-state index contributed by atoms with van der Waals surface area (Å²) in [6, 6.07) is 9.84. The molecule has 1 aromatic heterocycles. The van der Waals surface area contributed by atoms with Crippen LogP contribution in [0.1, 0.15) is 30.9 Å². The number of aryl methyl sites for hydroxylation is 2. The Labute approximate surface area is 125 Å². The van der Waals surface area contributed by atoms with Crippen LogP contribution in [-0.4, -0.2) is 15.7 Å². The average molecular weight is 283 g/mol. The molecule has 0 saturated carbocycles. The number of hydrogen-bond donors (Lipinski definition) is 1. The first-order valence-corrected chi connectivity index (χ1v) is 7.26. The van der Waals surface area contributed by atoms with Crippen molar-refractivity contribution in [3.63, 3.8) is 0 Å². The Morgan fingerprint density at radius 2 is 2.05 bits per heavy atom. The van der Waals surface area contributed by atoms with E-state index in [-0.39, 0.29) is 5.91 Å². The summed E-state index contributed by atoms with van der Waals surface area (Å²) in [4.78, 5) is 11.9. The first kappa shape index (κ1) is 15.0. The zero-order chi connectivity index (χ0) is 15.1. The van der Waals surface area contributed by atoms with Crippen LogP contribution >= 0.6 is 0 Å². The number of nitrogens with one attached hydrogen (secondary N) is 1. The second-order valence-corrected chi connectivity index (χ2v) is 5.03. The number of aromatic nitrogens is 2. The van der Waals surface area contributed by atoms with Crippen LogP contribution in [0.5, 0.6) is 0 Å². The molecular formula is C17H21N3O. The molecule has 1 N–H and O–H groups in total. The summed E-state index contributed by atoms with van der Waals surface area (Å²) in [5.74, 6) is 0.593. The number of amides is 1. The molecule has 0 aliphatic carbocycles. The number of unbranched alkanes of at least 4 members (excludes halogenated alkanes) is 1. The molecule has 1 heterocycles. The van der Waals surface area contributed by atoms with Gasteiger partial charge in [0.2, 0.25) is 5.91 Å². The van der Waals surface area contributed by atoms with E-state index in [1.807, 2.05) is 48.0 Å². The summed E-state index contributed by atoms with van der Waals surface area (Å²) in [6.45, 7) is 4.99. The molecule has 0 aliphatic heterocycles. The van der Waals surface area contributed by atoms with Gasteiger partial charge in [0.15, 0.2) is 0 Å². The van der Waals surface area contributed by atoms with Gasteiger partial charge in [-0.1, -0.05) is 43.2 Å². The zero-order valence-corrected chi connectivity index (χ0v) is 12.5. The molecule has 4 heteroatoms. The van der Waals surface area contributed by atoms with Gasteiger partial charge in [0, 0.05) is 18.7 Å². The number of rotatable bonds is 6. The van der Waals surface area contributed by atoms with Crippen LogP contribution in [0.25, 0.3) is 6.08 Å². The Morgan fingerprint density at radius 3 is 2.76 bits per heavy atom. The number of anilines is 1. The van der Waals surface area contributed by atoms with Crippen LogP contribution in [0.3, 0.4) is 0 Å². The molecule has 21 heavy (non-hydrogen) atoms. The second-order valence-electron chi connectivity index (χ2n) is 5.03. The third-order valence-corrected chi connectivity index (χ3v) is 3.20. The average Bonchev–Trinajstić information content (AvgIpc) is 2.91. The van der Waals surface area contributed by atoms with Crippen molar-refractivity contribution >= 4 is 17.8 Å². The van der Waals surface area contributed by atoms with E-state index < -0.39 is 0 Å². The monoisotopic (exact) mass is 283 g/mol. The van der Waals surface area contributed by atoms with Gasteiger partial charge < -0.3 is 5.32 Å². The van der Waals surface area contributed by atoms with Crippen molar-refractivity contribution in [1.29, 1.82) is 0 Å². The number of carbonyl (C=O) groups is 1. The minimum Gasteiger partial charge on any atom is -0.307 e. The second kappa shape index (κ2) is 7.43. The normalized spacial score (nSPS) is 11.0. The Kier molecular flexibility index (Phi) is 5.32. The predicted molar refractivity (Wildman–Crippen MR) is 86.0 cm³/mol. The summed E-state index contributed by atoms with van der Waals surface area (Å²) in [5, 5.41) is 7.07. The van der Waals surface area contributed by atoms with E-state index in [9.17, 15) is 4.79 Å². The third kappa shape index (κ3) is 4.60. The first-order valence-electron chi connectivity index (χ1n) is 7.26. The van der Waals surface area contributed by atoms with Crippen molar-refractivity contribution in [3.8, 4) is 0 Å². The molecule has 0 unspecified atom stereocenters. The van der Waals surface area contributed by atoms with E-state index in [0.29, 0.717) is 0 Å². The van der Waals surface area contributed by atoms with Crippen LogP contribution in [0.2, 0.25) is 0 Å². The van der Waals surface area contributed by atoms with Gasteiger partial charge in [-0.2, -0.15) is 5.10 Å². The largest absolute Gasteiger partial charge is 0.307 e. The van der Waals surface area contributed by atoms with Crippen molar-refractivity contribution in [3.05, 3.63) is 53.7 Å². The molecule has 1 aromatic carbocycles. The SMILES string of the molecule is CCCCn1nccc1NC(=O)/C=C/c1ccc(C)cc1. The minimum absolute atomic E-state index is 0.145. The molecule has 2 aromatic rings. The summed E-state index contributed by atoms with van der Waals surface area (Å²) in [6.07, 6.45) is 7.20. The molecule has 0 fully saturated rings. The first-order chi connectivity index (χ1) is 10.2. The predicted octanol–water partition coefficient (Wildman–Crippen LogP) is 3.64. The van der Waals surface area contributed by atoms with E-state index in [4.69, 9.17) is 0 Å². The number of hydrogen-bond acceptors (Lipinski definition) is 2. The van der Waals surface area contributed by atoms with Crippen molar-refractivity contribution in [2.75, 3.05) is 5.32 Å². The molecule has 1 amide bonds. The summed E-state index contributed by atoms with van der Waals surface area (Å²) in [5.41, 5.74) is 2.21. The molecule has 2 rings (SSSR count). The van der Waals surface area contributed by atoms with Gasteiger partial charge in [-0.3, -0.25) is 4.79 Å². The number of carbonyl (C=O) groups excluding carboxylic acids is 1. The lowest BCUT2D eigenvalue weighted by Crippen LogP contribution is -2.13. The molecule has 110 valence electrons. The van der Waals surface area contributed by atoms with E-state index in [0.717, 1.165) is 30.8 Å². The molecule has 0 atom stereocenters. The van der Waals surface area contributed by atoms with Crippen molar-refractivity contribution in [2.24, 2.45) is 0 Å². The van der Waals surface area contributed by atoms with E-state index in [2.05, 4.69) is 17.3 Å². The van der Waals surface area contributed by atoms with Crippen LogP contribution in [-0.2, 0) is 11.3 Å². The summed E-state index contributed by atoms with van der Waals surface area (Å²) in [7, 11) is 0. The lowest BCUT2D eigenvalue weighted by Gasteiger charge is -2.06. The fraction of sp³-hybridized carbons (Fsp3) is 0.294. The lowest BCUT2D eigenvalue weighted by molar-refractivity contribution is -0.111. The number of benzene rings is 1. The van der Waals surface area contributed by atoms with Crippen molar-refractivity contribution in [2.45, 2.75) is 33.2 Å². The van der Waals surface area contributed by atoms with E-state index in [1.165, 1.54) is 5.56 Å². The van der Waals surface area contributed by atoms with Gasteiger partial charge in [0.25, 0.3) is 0 Å². The molecule has 0 saturated heterocycles. The van der Waals surface area contributed by atoms with Crippen LogP contribution in [0.4, 0.5) is 5.82 Å². The highest BCUT2D eigenvalue weighted by atomic mass is 16.1. The molecule has 0 bridgehead atoms. The Bertz CT molecular complexity index is 611. The van der Waals surface area contributed by atoms with Crippen molar-refractivity contribution < 1.29 is 4.79 Å². The highest BCUT2D eigenvalue weighted by Crippen LogP contribution is 2.09. The molecular weight excluding hydrogens is 262 g/mol. The maximum Gasteiger partial charge on any atom is 0.249 e. The van der Waals surface area contributed by atoms with Gasteiger partial charge in [0.1, 0.15) is 5.82 Å². The quantitative estimate of drug-likeness (QED) is 0.823. The van der Waals surface area contributed by atoms with E-state index >= 15 is 0 Å². The Balaban J connectivity index is 1.95. The zero-order valence-electron chi connectivity index (χ0n) is 12.5. The Morgan fingerprint density at radius 1 is 1.29 bits per heavy atom. The maximum absolute atomic E-state index is 11.9. The summed E-state index contributed by atoms with van der Waals surface area (Å²) < 4.78 is 1.82. The van der Waals surface area contributed by atoms with Crippen LogP contribution in [0.15, 0.2) is 42.6 Å². The highest BCUT2D eigenvalue weighted by molar-refractivity contribution is 6.01. The van der Waals surface area contributed by atoms with Crippen molar-refractivity contribution in [1.82, 2.24) is 9.78 Å². The van der Waals surface area contributed by atoms with Gasteiger partial charge in [-0.25, -0.2) is 4.68 Å². The standard InChI is InChI=1S/C17H21N3O/c1-3-4-13-20-16(11-12-18-20)19-17(21)10-9-15-7-5-14(2)6-8-15/h5-12H,3-4,13H2,1-2H3,(H,19,21)/b10-9+. The molecule has 4 nitrogen and oxygen atoms in total. The Hall–Kier alpha value is -2.36. The third-order valence-electron chi connectivity index (χ3n) is 3.20. The maximum atomic E-state index is 11.9. The fourth-order valence-corrected chi connectivity index (χ4v) is 1.94. The fourth-order valence-electron chi connectivity index (χ4n) is 1.94. The van der Waals surface area contributed by atoms with Crippen LogP contribution in [0, 0.1) is 6.92 Å². The molecule has 0 aliphatic rings. The lowest BCUT2D eigenvalue weighted by atomic mass is 10.1. The highest BCUT2D eigenvalue weighted by Gasteiger charge is 2.04. The smallest absolute Gasteiger partial charge is 0.249 e. The number of nitrogens with zero attached hydrogens (tertiary/aromatic N) is 2. The minimum atomic E-state index is -0.145. The summed E-state index contributed by atoms with van der Waals surface area (Å²) >= 11 is 0.